The fourth-order valence-electron chi connectivity index (χ4n) is 2.80. The predicted octanol–water partition coefficient (Wildman–Crippen LogP) is 5.08. The van der Waals surface area contributed by atoms with Crippen LogP contribution >= 0.6 is 0 Å². The summed E-state index contributed by atoms with van der Waals surface area (Å²) in [4.78, 5) is 4.58. The van der Waals surface area contributed by atoms with Gasteiger partial charge in [-0.15, -0.1) is 0 Å². The lowest BCUT2D eigenvalue weighted by molar-refractivity contribution is 0.665. The quantitative estimate of drug-likeness (QED) is 0.823. The monoisotopic (exact) mass is 312 g/mol. The molecule has 0 unspecified atom stereocenters. The van der Waals surface area contributed by atoms with Crippen LogP contribution in [0.3, 0.4) is 0 Å². The predicted molar refractivity (Wildman–Crippen MR) is 95.5 cm³/mol. The van der Waals surface area contributed by atoms with Gasteiger partial charge >= 0.3 is 0 Å². The molecule has 2 rings (SSSR count). The molecule has 0 spiro atoms. The number of allylic oxidation sites excluding steroid dienone is 6. The van der Waals surface area contributed by atoms with Crippen molar-refractivity contribution in [1.82, 2.24) is 4.98 Å². The molecule has 1 aromatic heterocycles. The number of aromatic nitrogens is 1. The van der Waals surface area contributed by atoms with Crippen LogP contribution in [0.2, 0.25) is 0 Å². The van der Waals surface area contributed by atoms with E-state index in [2.05, 4.69) is 25.4 Å². The van der Waals surface area contributed by atoms with Crippen molar-refractivity contribution in [1.29, 1.82) is 0 Å². The molecule has 1 aromatic rings. The van der Waals surface area contributed by atoms with Gasteiger partial charge in [0.2, 0.25) is 0 Å². The van der Waals surface area contributed by atoms with Gasteiger partial charge in [0.15, 0.2) is 0 Å². The lowest BCUT2D eigenvalue weighted by atomic mass is 9.91. The Morgan fingerprint density at radius 1 is 1.39 bits per heavy atom. The molecular formula is C20H25FN2. The van der Waals surface area contributed by atoms with E-state index < -0.39 is 0 Å². The van der Waals surface area contributed by atoms with Crippen molar-refractivity contribution in [3.63, 3.8) is 0 Å². The van der Waals surface area contributed by atoms with Crippen molar-refractivity contribution < 1.29 is 4.39 Å². The zero-order valence-electron chi connectivity index (χ0n) is 14.2. The largest absolute Gasteiger partial charge is 0.399 e. The summed E-state index contributed by atoms with van der Waals surface area (Å²) >= 11 is 0. The molecular weight excluding hydrogens is 287 g/mol. The Morgan fingerprint density at radius 2 is 2.13 bits per heavy atom. The lowest BCUT2D eigenvalue weighted by Crippen LogP contribution is -2.03. The molecule has 0 amide bonds. The van der Waals surface area contributed by atoms with Gasteiger partial charge in [-0.05, 0) is 68.0 Å². The fourth-order valence-corrected chi connectivity index (χ4v) is 2.80. The van der Waals surface area contributed by atoms with Crippen LogP contribution in [0.1, 0.15) is 48.6 Å². The fraction of sp³-hybridized carbons (Fsp3) is 0.350. The van der Waals surface area contributed by atoms with Crippen LogP contribution in [0.15, 0.2) is 48.1 Å². The minimum absolute atomic E-state index is 0.199. The van der Waals surface area contributed by atoms with Crippen molar-refractivity contribution in [3.05, 3.63) is 70.5 Å². The first-order valence-electron chi connectivity index (χ1n) is 8.12. The summed E-state index contributed by atoms with van der Waals surface area (Å²) in [6.45, 7) is 9.96. The molecule has 0 saturated heterocycles. The van der Waals surface area contributed by atoms with Crippen LogP contribution < -0.4 is 5.73 Å². The van der Waals surface area contributed by atoms with E-state index in [1.165, 1.54) is 0 Å². The Labute approximate surface area is 138 Å². The summed E-state index contributed by atoms with van der Waals surface area (Å²) in [5.74, 6) is -0.199. The first-order chi connectivity index (χ1) is 10.9. The number of nitrogens with two attached hydrogens (primary N) is 1. The number of aryl methyl sites for hydroxylation is 1. The van der Waals surface area contributed by atoms with Crippen LogP contribution in [0.5, 0.6) is 0 Å². The van der Waals surface area contributed by atoms with Gasteiger partial charge in [-0.1, -0.05) is 19.9 Å². The van der Waals surface area contributed by atoms with E-state index in [1.807, 2.05) is 13.0 Å². The van der Waals surface area contributed by atoms with E-state index in [0.29, 0.717) is 17.7 Å². The van der Waals surface area contributed by atoms with Crippen molar-refractivity contribution >= 4 is 5.57 Å². The number of unbranched alkanes of at least 4 members (excludes halogenated alkanes) is 1. The van der Waals surface area contributed by atoms with Gasteiger partial charge < -0.3 is 5.73 Å². The van der Waals surface area contributed by atoms with Crippen LogP contribution in [-0.4, -0.2) is 4.98 Å². The molecule has 1 aliphatic carbocycles. The highest BCUT2D eigenvalue weighted by Crippen LogP contribution is 2.34. The van der Waals surface area contributed by atoms with Crippen molar-refractivity contribution in [2.75, 3.05) is 0 Å². The van der Waals surface area contributed by atoms with Gasteiger partial charge in [-0.3, -0.25) is 4.98 Å². The molecule has 0 saturated carbocycles. The maximum absolute atomic E-state index is 14.3. The first kappa shape index (κ1) is 17.2. The SMILES string of the molecule is C=C(N)/C=C1/C=C(c2cnc(CCCC)c(C)c2C)C(F)=CC1. The summed E-state index contributed by atoms with van der Waals surface area (Å²) in [5, 5.41) is 0. The summed E-state index contributed by atoms with van der Waals surface area (Å²) in [6.07, 6.45) is 10.8. The molecule has 1 heterocycles. The summed E-state index contributed by atoms with van der Waals surface area (Å²) in [7, 11) is 0. The molecule has 0 bridgehead atoms. The van der Waals surface area contributed by atoms with E-state index >= 15 is 0 Å². The summed E-state index contributed by atoms with van der Waals surface area (Å²) in [5.41, 5.74) is 11.9. The highest BCUT2D eigenvalue weighted by Gasteiger charge is 2.17. The second-order valence-corrected chi connectivity index (χ2v) is 6.08. The molecule has 0 fully saturated rings. The minimum atomic E-state index is -0.199. The highest BCUT2D eigenvalue weighted by atomic mass is 19.1. The maximum atomic E-state index is 14.3. The van der Waals surface area contributed by atoms with Crippen molar-refractivity contribution in [2.45, 2.75) is 46.5 Å². The Morgan fingerprint density at radius 3 is 2.78 bits per heavy atom. The third-order valence-electron chi connectivity index (χ3n) is 4.28. The van der Waals surface area contributed by atoms with Gasteiger partial charge in [0, 0.05) is 28.7 Å². The van der Waals surface area contributed by atoms with Crippen molar-refractivity contribution in [3.8, 4) is 0 Å². The molecule has 122 valence electrons. The average Bonchev–Trinajstić information content (AvgIpc) is 2.50. The number of halogens is 1. The average molecular weight is 312 g/mol. The summed E-state index contributed by atoms with van der Waals surface area (Å²) in [6, 6.07) is 0. The molecule has 0 atom stereocenters. The standard InChI is InChI=1S/C20H25FN2/c1-5-6-7-20-15(4)14(3)18(12-23-20)17-11-16(10-13(2)22)8-9-19(17)21/h9-12H,2,5-8,22H2,1,3-4H3/b16-10+. The number of hydrogen-bond donors (Lipinski definition) is 1. The Kier molecular flexibility index (Phi) is 5.54. The number of hydrogen-bond acceptors (Lipinski definition) is 2. The van der Waals surface area contributed by atoms with Gasteiger partial charge in [0.1, 0.15) is 5.83 Å². The molecule has 1 aliphatic rings. The molecule has 0 aromatic carbocycles. The second-order valence-electron chi connectivity index (χ2n) is 6.08. The van der Waals surface area contributed by atoms with Gasteiger partial charge in [-0.25, -0.2) is 4.39 Å². The smallest absolute Gasteiger partial charge is 0.127 e. The van der Waals surface area contributed by atoms with Gasteiger partial charge in [0.05, 0.1) is 0 Å². The zero-order chi connectivity index (χ0) is 17.0. The minimum Gasteiger partial charge on any atom is -0.399 e. The topological polar surface area (TPSA) is 38.9 Å². The van der Waals surface area contributed by atoms with Crippen LogP contribution in [0, 0.1) is 13.8 Å². The van der Waals surface area contributed by atoms with Gasteiger partial charge in [0.25, 0.3) is 0 Å². The summed E-state index contributed by atoms with van der Waals surface area (Å²) < 4.78 is 14.3. The Hall–Kier alpha value is -2.16. The van der Waals surface area contributed by atoms with E-state index in [0.717, 1.165) is 47.2 Å². The van der Waals surface area contributed by atoms with Crippen molar-refractivity contribution in [2.24, 2.45) is 5.73 Å². The molecule has 23 heavy (non-hydrogen) atoms. The normalized spacial score (nSPS) is 16.3. The molecule has 2 N–H and O–H groups in total. The molecule has 0 aliphatic heterocycles. The Bertz CT molecular complexity index is 709. The third kappa shape index (κ3) is 3.98. The van der Waals surface area contributed by atoms with E-state index in [1.54, 1.807) is 18.3 Å². The highest BCUT2D eigenvalue weighted by molar-refractivity contribution is 5.82. The van der Waals surface area contributed by atoms with Crippen LogP contribution in [-0.2, 0) is 6.42 Å². The third-order valence-corrected chi connectivity index (χ3v) is 4.28. The molecule has 0 radical (unpaired) electrons. The van der Waals surface area contributed by atoms with E-state index in [-0.39, 0.29) is 5.83 Å². The second kappa shape index (κ2) is 7.40. The Balaban J connectivity index is 2.44. The zero-order valence-corrected chi connectivity index (χ0v) is 14.2. The maximum Gasteiger partial charge on any atom is 0.127 e. The van der Waals surface area contributed by atoms with E-state index in [4.69, 9.17) is 5.73 Å². The van der Waals surface area contributed by atoms with Crippen LogP contribution in [0.25, 0.3) is 5.57 Å². The molecule has 3 heteroatoms. The number of nitrogens with zero attached hydrogens (tertiary/aromatic N) is 1. The first-order valence-corrected chi connectivity index (χ1v) is 8.12. The number of rotatable bonds is 5. The number of pyridine rings is 1. The van der Waals surface area contributed by atoms with Crippen LogP contribution in [0.4, 0.5) is 4.39 Å². The molecule has 2 nitrogen and oxygen atoms in total. The van der Waals surface area contributed by atoms with E-state index in [9.17, 15) is 4.39 Å². The van der Waals surface area contributed by atoms with Gasteiger partial charge in [-0.2, -0.15) is 0 Å². The lowest BCUT2D eigenvalue weighted by Gasteiger charge is -2.17.